The Bertz CT molecular complexity index is 143. The summed E-state index contributed by atoms with van der Waals surface area (Å²) in [7, 11) is 6.47. The van der Waals surface area contributed by atoms with E-state index in [0.717, 1.165) is 0 Å². The summed E-state index contributed by atoms with van der Waals surface area (Å²) in [5.41, 5.74) is 1.16. The molecule has 3 rings (SSSR count). The van der Waals surface area contributed by atoms with Crippen LogP contribution in [0.2, 0.25) is 0 Å². The molecule has 0 aromatic heterocycles. The van der Waals surface area contributed by atoms with Gasteiger partial charge in [0.15, 0.2) is 0 Å². The maximum absolute atomic E-state index is 3.40. The van der Waals surface area contributed by atoms with Gasteiger partial charge in [-0.2, -0.15) is 0 Å². The lowest BCUT2D eigenvalue weighted by atomic mass is 9.43. The first-order chi connectivity index (χ1) is 4.63. The van der Waals surface area contributed by atoms with Crippen molar-refractivity contribution in [2.45, 2.75) is 30.3 Å². The van der Waals surface area contributed by atoms with Crippen LogP contribution in [0.3, 0.4) is 0 Å². The molecule has 0 unspecified atom stereocenters. The quantitative estimate of drug-likeness (QED) is 0.599. The zero-order chi connectivity index (χ0) is 7.41. The van der Waals surface area contributed by atoms with Gasteiger partial charge in [0.1, 0.15) is 0 Å². The Kier molecular flexibility index (Phi) is 1.03. The fraction of sp³-hybridized carbons (Fsp3) is 1.00. The molecule has 0 saturated heterocycles. The topological polar surface area (TPSA) is 15.3 Å². The standard InChI is InChI=1S/C8H16N2/c1-9-7-4-8(5-7,6-7)10(2)3/h9H,4-6H2,1-3H3. The van der Waals surface area contributed by atoms with Crippen LogP contribution < -0.4 is 5.32 Å². The minimum absolute atomic E-state index is 0.560. The smallest absolute Gasteiger partial charge is 0.0256 e. The maximum atomic E-state index is 3.40. The Labute approximate surface area is 62.6 Å². The molecule has 2 nitrogen and oxygen atoms in total. The molecule has 3 fully saturated rings. The first-order valence-electron chi connectivity index (χ1n) is 3.99. The Balaban J connectivity index is 1.98. The van der Waals surface area contributed by atoms with E-state index in [1.165, 1.54) is 19.3 Å². The van der Waals surface area contributed by atoms with E-state index in [-0.39, 0.29) is 0 Å². The molecule has 1 N–H and O–H groups in total. The maximum Gasteiger partial charge on any atom is 0.0256 e. The molecule has 58 valence electrons. The minimum atomic E-state index is 0.560. The number of hydrogen-bond donors (Lipinski definition) is 1. The zero-order valence-electron chi connectivity index (χ0n) is 7.07. The minimum Gasteiger partial charge on any atom is -0.314 e. The van der Waals surface area contributed by atoms with E-state index in [9.17, 15) is 0 Å². The molecule has 0 radical (unpaired) electrons. The number of nitrogens with one attached hydrogen (secondary N) is 1. The van der Waals surface area contributed by atoms with Crippen LogP contribution in [0.4, 0.5) is 0 Å². The highest BCUT2D eigenvalue weighted by Gasteiger charge is 2.68. The summed E-state index contributed by atoms with van der Waals surface area (Å²) in [6.07, 6.45) is 4.09. The molecule has 0 aliphatic heterocycles. The van der Waals surface area contributed by atoms with Crippen LogP contribution in [-0.2, 0) is 0 Å². The molecule has 0 aromatic carbocycles. The van der Waals surface area contributed by atoms with Crippen molar-refractivity contribution in [2.75, 3.05) is 21.1 Å². The van der Waals surface area contributed by atoms with Gasteiger partial charge in [-0.15, -0.1) is 0 Å². The molecule has 3 aliphatic carbocycles. The van der Waals surface area contributed by atoms with E-state index in [1.807, 2.05) is 0 Å². The fourth-order valence-electron chi connectivity index (χ4n) is 2.47. The normalized spacial score (nSPS) is 50.4. The molecule has 3 aliphatic rings. The van der Waals surface area contributed by atoms with Gasteiger partial charge < -0.3 is 10.2 Å². The Morgan fingerprint density at radius 2 is 1.70 bits per heavy atom. The molecule has 0 spiro atoms. The van der Waals surface area contributed by atoms with Gasteiger partial charge in [0.05, 0.1) is 0 Å². The van der Waals surface area contributed by atoms with Crippen molar-refractivity contribution in [1.82, 2.24) is 10.2 Å². The summed E-state index contributed by atoms with van der Waals surface area (Å²) >= 11 is 0. The van der Waals surface area contributed by atoms with Gasteiger partial charge in [-0.05, 0) is 40.4 Å². The summed E-state index contributed by atoms with van der Waals surface area (Å²) < 4.78 is 0. The van der Waals surface area contributed by atoms with Gasteiger partial charge in [0.2, 0.25) is 0 Å². The van der Waals surface area contributed by atoms with Crippen LogP contribution >= 0.6 is 0 Å². The lowest BCUT2D eigenvalue weighted by Gasteiger charge is -2.73. The molecule has 0 aromatic rings. The fourth-order valence-corrected chi connectivity index (χ4v) is 2.47. The summed E-state index contributed by atoms with van der Waals surface area (Å²) in [4.78, 5) is 2.38. The predicted octanol–water partition coefficient (Wildman–Crippen LogP) is 0.442. The van der Waals surface area contributed by atoms with Gasteiger partial charge in [-0.3, -0.25) is 0 Å². The van der Waals surface area contributed by atoms with Gasteiger partial charge in [0, 0.05) is 11.1 Å². The van der Waals surface area contributed by atoms with Gasteiger partial charge >= 0.3 is 0 Å². The van der Waals surface area contributed by atoms with Crippen molar-refractivity contribution in [1.29, 1.82) is 0 Å². The highest BCUT2D eigenvalue weighted by Crippen LogP contribution is 2.62. The summed E-state index contributed by atoms with van der Waals surface area (Å²) in [6.45, 7) is 0. The lowest BCUT2D eigenvalue weighted by Crippen LogP contribution is -2.81. The molecule has 2 heteroatoms. The largest absolute Gasteiger partial charge is 0.314 e. The van der Waals surface area contributed by atoms with E-state index < -0.39 is 0 Å². The van der Waals surface area contributed by atoms with Crippen LogP contribution in [0.25, 0.3) is 0 Å². The second-order valence-electron chi connectivity index (χ2n) is 4.18. The third-order valence-electron chi connectivity index (χ3n) is 3.48. The Morgan fingerprint density at radius 3 is 2.00 bits per heavy atom. The number of nitrogens with zero attached hydrogens (tertiary/aromatic N) is 1. The van der Waals surface area contributed by atoms with Crippen LogP contribution in [0.5, 0.6) is 0 Å². The monoisotopic (exact) mass is 140 g/mol. The van der Waals surface area contributed by atoms with Crippen molar-refractivity contribution < 1.29 is 0 Å². The molecular weight excluding hydrogens is 124 g/mol. The molecule has 2 bridgehead atoms. The molecule has 0 atom stereocenters. The molecular formula is C8H16N2. The Morgan fingerprint density at radius 1 is 1.20 bits per heavy atom. The number of rotatable bonds is 2. The summed E-state index contributed by atoms with van der Waals surface area (Å²) in [5.74, 6) is 0. The van der Waals surface area contributed by atoms with Crippen molar-refractivity contribution >= 4 is 0 Å². The van der Waals surface area contributed by atoms with Crippen LogP contribution in [0.1, 0.15) is 19.3 Å². The van der Waals surface area contributed by atoms with Crippen LogP contribution in [-0.4, -0.2) is 37.1 Å². The zero-order valence-corrected chi connectivity index (χ0v) is 7.07. The van der Waals surface area contributed by atoms with Gasteiger partial charge in [-0.1, -0.05) is 0 Å². The highest BCUT2D eigenvalue weighted by atomic mass is 15.3. The average Bonchev–Trinajstić information content (AvgIpc) is 1.57. The van der Waals surface area contributed by atoms with Crippen molar-refractivity contribution in [3.05, 3.63) is 0 Å². The molecule has 3 saturated carbocycles. The van der Waals surface area contributed by atoms with Crippen molar-refractivity contribution in [3.8, 4) is 0 Å². The summed E-state index contributed by atoms with van der Waals surface area (Å²) in [5, 5.41) is 3.40. The van der Waals surface area contributed by atoms with Crippen molar-refractivity contribution in [3.63, 3.8) is 0 Å². The first-order valence-corrected chi connectivity index (χ1v) is 3.99. The van der Waals surface area contributed by atoms with E-state index in [0.29, 0.717) is 11.1 Å². The SMILES string of the molecule is CNC12CC(N(C)C)(C1)C2. The lowest BCUT2D eigenvalue weighted by molar-refractivity contribution is -0.159. The van der Waals surface area contributed by atoms with E-state index in [1.54, 1.807) is 0 Å². The van der Waals surface area contributed by atoms with E-state index in [2.05, 4.69) is 31.4 Å². The molecule has 0 heterocycles. The van der Waals surface area contributed by atoms with E-state index >= 15 is 0 Å². The molecule has 10 heavy (non-hydrogen) atoms. The van der Waals surface area contributed by atoms with Crippen LogP contribution in [0.15, 0.2) is 0 Å². The third-order valence-corrected chi connectivity index (χ3v) is 3.48. The average molecular weight is 140 g/mol. The first kappa shape index (κ1) is 6.62. The third kappa shape index (κ3) is 0.523. The molecule has 0 amide bonds. The van der Waals surface area contributed by atoms with Gasteiger partial charge in [0.25, 0.3) is 0 Å². The second kappa shape index (κ2) is 1.56. The van der Waals surface area contributed by atoms with Crippen molar-refractivity contribution in [2.24, 2.45) is 0 Å². The van der Waals surface area contributed by atoms with Gasteiger partial charge in [-0.25, -0.2) is 0 Å². The second-order valence-corrected chi connectivity index (χ2v) is 4.18. The van der Waals surface area contributed by atoms with E-state index in [4.69, 9.17) is 0 Å². The number of hydrogen-bond acceptors (Lipinski definition) is 2. The summed E-state index contributed by atoms with van der Waals surface area (Å²) in [6, 6.07) is 0. The highest BCUT2D eigenvalue weighted by molar-refractivity contribution is 5.28. The Hall–Kier alpha value is -0.0800. The predicted molar refractivity (Wildman–Crippen MR) is 42.1 cm³/mol. The van der Waals surface area contributed by atoms with Crippen LogP contribution in [0, 0.1) is 0 Å².